The monoisotopic (exact) mass is 281 g/mol. The van der Waals surface area contributed by atoms with E-state index in [-0.39, 0.29) is 25.4 Å². The second kappa shape index (κ2) is 7.71. The molecule has 0 heterocycles. The number of hydrogen-bond donors (Lipinski definition) is 1. The molecule has 1 N–H and O–H groups in total. The van der Waals surface area contributed by atoms with Gasteiger partial charge in [-0.15, -0.1) is 12.4 Å². The maximum absolute atomic E-state index is 11.9. The molecule has 1 unspecified atom stereocenters. The Balaban J connectivity index is 0. The fourth-order valence-corrected chi connectivity index (χ4v) is 1.84. The van der Waals surface area contributed by atoms with Crippen LogP contribution in [-0.2, 0) is 9.59 Å². The summed E-state index contributed by atoms with van der Waals surface area (Å²) in [5, 5.41) is 20.9. The van der Waals surface area contributed by atoms with Crippen molar-refractivity contribution in [3.63, 3.8) is 0 Å². The Kier molecular flexibility index (Phi) is 8.43. The molecule has 5 nitrogen and oxygen atoms in total. The van der Waals surface area contributed by atoms with Gasteiger partial charge in [-0.3, -0.25) is 4.79 Å². The molecule has 18 heavy (non-hydrogen) atoms. The largest absolute Gasteiger partial charge is 0.550 e. The van der Waals surface area contributed by atoms with Crippen molar-refractivity contribution < 1.29 is 24.3 Å². The van der Waals surface area contributed by atoms with E-state index < -0.39 is 23.8 Å². The molecule has 0 rings (SSSR count). The molecule has 0 bridgehead atoms. The number of nitrogens with zero attached hydrogens (tertiary/aromatic N) is 1. The second-order valence-electron chi connectivity index (χ2n) is 5.56. The van der Waals surface area contributed by atoms with Gasteiger partial charge in [-0.2, -0.15) is 0 Å². The number of hydrogen-bond acceptors (Lipinski definition) is 4. The van der Waals surface area contributed by atoms with Gasteiger partial charge in [0.25, 0.3) is 0 Å². The second-order valence-corrected chi connectivity index (χ2v) is 5.56. The highest BCUT2D eigenvalue weighted by atomic mass is 35.5. The van der Waals surface area contributed by atoms with Gasteiger partial charge in [0.1, 0.15) is 6.54 Å². The number of unbranched alkanes of at least 4 members (excludes halogenated alkanes) is 1. The molecule has 108 valence electrons. The molecule has 0 aromatic rings. The summed E-state index contributed by atoms with van der Waals surface area (Å²) in [6.07, 6.45) is 1.06. The van der Waals surface area contributed by atoms with Crippen LogP contribution in [-0.4, -0.2) is 54.6 Å². The first-order valence-electron chi connectivity index (χ1n) is 5.87. The quantitative estimate of drug-likeness (QED) is 0.622. The molecule has 0 aromatic heterocycles. The van der Waals surface area contributed by atoms with E-state index in [9.17, 15) is 19.8 Å². The Morgan fingerprint density at radius 3 is 2.11 bits per heavy atom. The topological polar surface area (TPSA) is 77.4 Å². The first-order valence-corrected chi connectivity index (χ1v) is 5.87. The first-order chi connectivity index (χ1) is 7.60. The first kappa shape index (κ1) is 19.7. The number of aliphatic carboxylic acids is 1. The highest BCUT2D eigenvalue weighted by molar-refractivity contribution is 5.90. The number of likely N-dealkylation sites (N-methyl/N-ethyl adjacent to an activating group) is 1. The van der Waals surface area contributed by atoms with Gasteiger partial charge in [0.05, 0.1) is 21.1 Å². The van der Waals surface area contributed by atoms with Crippen molar-refractivity contribution in [3.8, 4) is 0 Å². The number of quaternary nitrogens is 1. The van der Waals surface area contributed by atoms with Crippen LogP contribution in [0, 0.1) is 0 Å². The normalized spacial score (nSPS) is 14.5. The number of carboxylic acids is 1. The minimum Gasteiger partial charge on any atom is -0.550 e. The van der Waals surface area contributed by atoms with Crippen molar-refractivity contribution in [1.29, 1.82) is 0 Å². The maximum Gasteiger partial charge on any atom is 0.177 e. The molecule has 0 aliphatic rings. The van der Waals surface area contributed by atoms with E-state index in [0.717, 1.165) is 6.42 Å². The van der Waals surface area contributed by atoms with Crippen LogP contribution in [0.4, 0.5) is 0 Å². The molecular formula is C12H24ClNO4. The Morgan fingerprint density at radius 2 is 1.78 bits per heavy atom. The minimum absolute atomic E-state index is 0. The standard InChI is InChI=1S/C12H23NO4.ClH/c1-5-6-7-10(14)12(17,8-11(15)16)9-13(2,3)4;/h17H,5-9H2,1-4H3;1H. The lowest BCUT2D eigenvalue weighted by Gasteiger charge is -2.34. The van der Waals surface area contributed by atoms with E-state index in [4.69, 9.17) is 0 Å². The van der Waals surface area contributed by atoms with Crippen molar-refractivity contribution >= 4 is 24.2 Å². The number of carboxylic acid groups (broad SMARTS) is 1. The zero-order valence-electron chi connectivity index (χ0n) is 11.6. The van der Waals surface area contributed by atoms with Gasteiger partial charge in [-0.05, 0) is 6.42 Å². The summed E-state index contributed by atoms with van der Waals surface area (Å²) in [4.78, 5) is 22.5. The van der Waals surface area contributed by atoms with Crippen molar-refractivity contribution in [1.82, 2.24) is 0 Å². The zero-order chi connectivity index (χ0) is 13.7. The highest BCUT2D eigenvalue weighted by Crippen LogP contribution is 2.18. The molecule has 0 amide bonds. The van der Waals surface area contributed by atoms with Crippen molar-refractivity contribution in [2.45, 2.75) is 38.2 Å². The third-order valence-electron chi connectivity index (χ3n) is 2.45. The molecule has 0 spiro atoms. The number of aliphatic hydroxyl groups is 1. The van der Waals surface area contributed by atoms with E-state index in [1.54, 1.807) is 21.1 Å². The summed E-state index contributed by atoms with van der Waals surface area (Å²) in [6, 6.07) is 0. The van der Waals surface area contributed by atoms with Crippen LogP contribution >= 0.6 is 12.4 Å². The number of Topliss-reactive ketones (excluding diaryl/α,β-unsaturated/α-hetero) is 1. The smallest absolute Gasteiger partial charge is 0.177 e. The van der Waals surface area contributed by atoms with Gasteiger partial charge >= 0.3 is 0 Å². The predicted octanol–water partition coefficient (Wildman–Crippen LogP) is -0.255. The summed E-state index contributed by atoms with van der Waals surface area (Å²) < 4.78 is 0.321. The lowest BCUT2D eigenvalue weighted by atomic mass is 9.90. The summed E-state index contributed by atoms with van der Waals surface area (Å²) in [6.45, 7) is 2.01. The molecule has 1 atom stereocenters. The molecule has 6 heteroatoms. The summed E-state index contributed by atoms with van der Waals surface area (Å²) in [7, 11) is 5.40. The average molecular weight is 282 g/mol. The van der Waals surface area contributed by atoms with E-state index >= 15 is 0 Å². The van der Waals surface area contributed by atoms with E-state index in [0.29, 0.717) is 10.9 Å². The Bertz CT molecular complexity index is 288. The lowest BCUT2D eigenvalue weighted by Crippen LogP contribution is -2.56. The van der Waals surface area contributed by atoms with Gasteiger partial charge in [-0.25, -0.2) is 0 Å². The van der Waals surface area contributed by atoms with E-state index in [2.05, 4.69) is 0 Å². The fourth-order valence-electron chi connectivity index (χ4n) is 1.84. The molecule has 0 saturated carbocycles. The molecule has 0 saturated heterocycles. The molecule has 0 radical (unpaired) electrons. The maximum atomic E-state index is 11.9. The minimum atomic E-state index is -1.81. The van der Waals surface area contributed by atoms with Gasteiger partial charge in [0.15, 0.2) is 11.4 Å². The summed E-state index contributed by atoms with van der Waals surface area (Å²) in [5.41, 5.74) is -1.81. The van der Waals surface area contributed by atoms with Crippen LogP contribution in [0.1, 0.15) is 32.6 Å². The van der Waals surface area contributed by atoms with Crippen LogP contribution in [0.15, 0.2) is 0 Å². The van der Waals surface area contributed by atoms with Gasteiger partial charge in [-0.1, -0.05) is 13.3 Å². The Labute approximate surface area is 115 Å². The van der Waals surface area contributed by atoms with E-state index in [1.165, 1.54) is 0 Å². The average Bonchev–Trinajstić information content (AvgIpc) is 2.09. The van der Waals surface area contributed by atoms with Crippen LogP contribution in [0.5, 0.6) is 0 Å². The molecule has 0 fully saturated rings. The Morgan fingerprint density at radius 1 is 1.28 bits per heavy atom. The fraction of sp³-hybridized carbons (Fsp3) is 0.833. The van der Waals surface area contributed by atoms with Gasteiger partial charge in [0.2, 0.25) is 0 Å². The predicted molar refractivity (Wildman–Crippen MR) is 69.3 cm³/mol. The third kappa shape index (κ3) is 7.63. The van der Waals surface area contributed by atoms with Crippen LogP contribution in [0.25, 0.3) is 0 Å². The SMILES string of the molecule is CCCCC(=O)C(O)(CC(=O)[O-])C[N+](C)(C)C.Cl. The lowest BCUT2D eigenvalue weighted by molar-refractivity contribution is -0.875. The van der Waals surface area contributed by atoms with Gasteiger partial charge < -0.3 is 19.5 Å². The number of halogens is 1. The number of rotatable bonds is 8. The zero-order valence-corrected chi connectivity index (χ0v) is 12.4. The van der Waals surface area contributed by atoms with Crippen molar-refractivity contribution in [2.24, 2.45) is 0 Å². The third-order valence-corrected chi connectivity index (χ3v) is 2.45. The van der Waals surface area contributed by atoms with Crippen LogP contribution in [0.3, 0.4) is 0 Å². The summed E-state index contributed by atoms with van der Waals surface area (Å²) >= 11 is 0. The molecular weight excluding hydrogens is 258 g/mol. The molecule has 0 aliphatic carbocycles. The van der Waals surface area contributed by atoms with Crippen molar-refractivity contribution in [3.05, 3.63) is 0 Å². The van der Waals surface area contributed by atoms with Crippen LogP contribution in [0.2, 0.25) is 0 Å². The number of carbonyl (C=O) groups is 2. The highest BCUT2D eigenvalue weighted by Gasteiger charge is 2.40. The van der Waals surface area contributed by atoms with Crippen LogP contribution < -0.4 is 5.11 Å². The molecule has 0 aliphatic heterocycles. The van der Waals surface area contributed by atoms with Crippen molar-refractivity contribution in [2.75, 3.05) is 27.7 Å². The van der Waals surface area contributed by atoms with E-state index in [1.807, 2.05) is 6.92 Å². The number of ketones is 1. The molecule has 0 aromatic carbocycles. The summed E-state index contributed by atoms with van der Waals surface area (Å²) in [5.74, 6) is -1.80. The van der Waals surface area contributed by atoms with Gasteiger partial charge in [0, 0.05) is 18.8 Å². The Hall–Kier alpha value is -0.650. The number of carbonyl (C=O) groups excluding carboxylic acids is 2.